The summed E-state index contributed by atoms with van der Waals surface area (Å²) in [5.41, 5.74) is -0.535. The van der Waals surface area contributed by atoms with Crippen LogP contribution in [0.1, 0.15) is 26.2 Å². The average Bonchev–Trinajstić information content (AvgIpc) is 2.27. The Balaban J connectivity index is 2.59. The average molecular weight is 191 g/mol. The molecule has 0 aromatic heterocycles. The SMILES string of the molecule is C#CCNC(C)(C#N)C1CCCCN1. The first kappa shape index (κ1) is 11.0. The molecule has 1 saturated heterocycles. The summed E-state index contributed by atoms with van der Waals surface area (Å²) >= 11 is 0. The van der Waals surface area contributed by atoms with Gasteiger partial charge >= 0.3 is 0 Å². The van der Waals surface area contributed by atoms with Crippen LogP contribution in [0, 0.1) is 23.7 Å². The summed E-state index contributed by atoms with van der Waals surface area (Å²) in [4.78, 5) is 0. The van der Waals surface area contributed by atoms with Gasteiger partial charge in [-0.1, -0.05) is 12.3 Å². The van der Waals surface area contributed by atoms with Crippen LogP contribution in [-0.2, 0) is 0 Å². The molecule has 1 rings (SSSR count). The zero-order valence-electron chi connectivity index (χ0n) is 8.64. The lowest BCUT2D eigenvalue weighted by Gasteiger charge is -2.35. The smallest absolute Gasteiger partial charge is 0.120 e. The highest BCUT2D eigenvalue weighted by atomic mass is 15.1. The Hall–Kier alpha value is -1.03. The highest BCUT2D eigenvalue weighted by molar-refractivity contribution is 5.13. The highest BCUT2D eigenvalue weighted by Gasteiger charge is 2.34. The summed E-state index contributed by atoms with van der Waals surface area (Å²) in [6.45, 7) is 3.36. The van der Waals surface area contributed by atoms with Crippen molar-refractivity contribution in [2.45, 2.75) is 37.8 Å². The van der Waals surface area contributed by atoms with Crippen LogP contribution in [0.5, 0.6) is 0 Å². The Labute approximate surface area is 85.9 Å². The van der Waals surface area contributed by atoms with E-state index in [2.05, 4.69) is 22.6 Å². The number of nitriles is 1. The van der Waals surface area contributed by atoms with Crippen molar-refractivity contribution in [1.29, 1.82) is 5.26 Å². The maximum atomic E-state index is 9.14. The van der Waals surface area contributed by atoms with Gasteiger partial charge in [0.15, 0.2) is 0 Å². The van der Waals surface area contributed by atoms with Crippen molar-refractivity contribution in [3.63, 3.8) is 0 Å². The summed E-state index contributed by atoms with van der Waals surface area (Å²) in [5.74, 6) is 2.51. The number of hydrogen-bond donors (Lipinski definition) is 2. The van der Waals surface area contributed by atoms with Crippen LogP contribution in [0.2, 0.25) is 0 Å². The van der Waals surface area contributed by atoms with Crippen molar-refractivity contribution in [2.75, 3.05) is 13.1 Å². The van der Waals surface area contributed by atoms with Crippen molar-refractivity contribution in [1.82, 2.24) is 10.6 Å². The molecule has 1 fully saturated rings. The first-order valence-electron chi connectivity index (χ1n) is 5.06. The molecule has 0 saturated carbocycles. The lowest BCUT2D eigenvalue weighted by Crippen LogP contribution is -2.58. The molecular formula is C11H17N3. The maximum Gasteiger partial charge on any atom is 0.120 e. The standard InChI is InChI=1S/C11H17N3/c1-3-7-14-11(2,9-12)10-6-4-5-8-13-10/h1,10,13-14H,4-8H2,2H3. The molecule has 76 valence electrons. The molecule has 0 amide bonds. The number of nitrogens with one attached hydrogen (secondary N) is 2. The fourth-order valence-corrected chi connectivity index (χ4v) is 1.82. The maximum absolute atomic E-state index is 9.14. The number of terminal acetylenes is 1. The van der Waals surface area contributed by atoms with Crippen molar-refractivity contribution >= 4 is 0 Å². The van der Waals surface area contributed by atoms with Crippen LogP contribution in [0.3, 0.4) is 0 Å². The van der Waals surface area contributed by atoms with Gasteiger partial charge in [-0.05, 0) is 26.3 Å². The Morgan fingerprint density at radius 3 is 2.93 bits per heavy atom. The van der Waals surface area contributed by atoms with Gasteiger partial charge in [-0.3, -0.25) is 5.32 Å². The van der Waals surface area contributed by atoms with E-state index in [1.54, 1.807) is 0 Å². The molecule has 2 N–H and O–H groups in total. The molecule has 0 radical (unpaired) electrons. The fraction of sp³-hybridized carbons (Fsp3) is 0.727. The number of rotatable bonds is 3. The molecule has 0 aromatic carbocycles. The number of nitrogens with zero attached hydrogens (tertiary/aromatic N) is 1. The summed E-state index contributed by atoms with van der Waals surface area (Å²) in [6.07, 6.45) is 8.61. The van der Waals surface area contributed by atoms with Crippen LogP contribution in [-0.4, -0.2) is 24.7 Å². The Bertz CT molecular complexity index is 255. The molecule has 0 aliphatic carbocycles. The first-order valence-corrected chi connectivity index (χ1v) is 5.06. The Morgan fingerprint density at radius 1 is 1.64 bits per heavy atom. The van der Waals surface area contributed by atoms with Gasteiger partial charge in [0.2, 0.25) is 0 Å². The summed E-state index contributed by atoms with van der Waals surface area (Å²) in [6, 6.07) is 2.53. The van der Waals surface area contributed by atoms with Gasteiger partial charge in [0.25, 0.3) is 0 Å². The van der Waals surface area contributed by atoms with Crippen LogP contribution >= 0.6 is 0 Å². The van der Waals surface area contributed by atoms with E-state index in [-0.39, 0.29) is 6.04 Å². The van der Waals surface area contributed by atoms with E-state index in [1.807, 2.05) is 6.92 Å². The number of hydrogen-bond acceptors (Lipinski definition) is 3. The van der Waals surface area contributed by atoms with Crippen molar-refractivity contribution < 1.29 is 0 Å². The fourth-order valence-electron chi connectivity index (χ4n) is 1.82. The van der Waals surface area contributed by atoms with E-state index in [4.69, 9.17) is 11.7 Å². The molecular weight excluding hydrogens is 174 g/mol. The van der Waals surface area contributed by atoms with E-state index in [9.17, 15) is 0 Å². The minimum absolute atomic E-state index is 0.217. The van der Waals surface area contributed by atoms with E-state index >= 15 is 0 Å². The second kappa shape index (κ2) is 5.00. The molecule has 0 bridgehead atoms. The van der Waals surface area contributed by atoms with Gasteiger partial charge in [-0.15, -0.1) is 6.42 Å². The summed E-state index contributed by atoms with van der Waals surface area (Å²) < 4.78 is 0. The minimum atomic E-state index is -0.535. The monoisotopic (exact) mass is 191 g/mol. The molecule has 2 atom stereocenters. The molecule has 3 nitrogen and oxygen atoms in total. The molecule has 0 aromatic rings. The quantitative estimate of drug-likeness (QED) is 0.643. The van der Waals surface area contributed by atoms with E-state index < -0.39 is 5.54 Å². The van der Waals surface area contributed by atoms with Crippen LogP contribution in [0.4, 0.5) is 0 Å². The number of piperidine rings is 1. The largest absolute Gasteiger partial charge is 0.311 e. The third-order valence-electron chi connectivity index (χ3n) is 2.80. The molecule has 0 spiro atoms. The third-order valence-corrected chi connectivity index (χ3v) is 2.80. The van der Waals surface area contributed by atoms with Gasteiger partial charge in [0.05, 0.1) is 12.6 Å². The molecule has 1 heterocycles. The predicted octanol–water partition coefficient (Wildman–Crippen LogP) is 0.634. The van der Waals surface area contributed by atoms with Crippen molar-refractivity contribution in [3.8, 4) is 18.4 Å². The molecule has 3 heteroatoms. The van der Waals surface area contributed by atoms with Crippen LogP contribution in [0.15, 0.2) is 0 Å². The highest BCUT2D eigenvalue weighted by Crippen LogP contribution is 2.18. The van der Waals surface area contributed by atoms with E-state index in [1.165, 1.54) is 12.8 Å². The van der Waals surface area contributed by atoms with Crippen molar-refractivity contribution in [3.05, 3.63) is 0 Å². The third kappa shape index (κ3) is 2.48. The topological polar surface area (TPSA) is 47.9 Å². The van der Waals surface area contributed by atoms with Crippen LogP contribution < -0.4 is 10.6 Å². The second-order valence-electron chi connectivity index (χ2n) is 3.87. The lowest BCUT2D eigenvalue weighted by atomic mass is 9.87. The zero-order valence-corrected chi connectivity index (χ0v) is 8.64. The first-order chi connectivity index (χ1) is 6.73. The van der Waals surface area contributed by atoms with Crippen LogP contribution in [0.25, 0.3) is 0 Å². The van der Waals surface area contributed by atoms with Gasteiger partial charge < -0.3 is 5.32 Å². The Morgan fingerprint density at radius 2 is 2.43 bits per heavy atom. The normalized spacial score (nSPS) is 25.8. The minimum Gasteiger partial charge on any atom is -0.311 e. The van der Waals surface area contributed by atoms with E-state index in [0.717, 1.165) is 13.0 Å². The molecule has 1 aliphatic heterocycles. The lowest BCUT2D eigenvalue weighted by molar-refractivity contribution is 0.278. The molecule has 2 unspecified atom stereocenters. The predicted molar refractivity (Wildman–Crippen MR) is 56.5 cm³/mol. The molecule has 1 aliphatic rings. The van der Waals surface area contributed by atoms with E-state index in [0.29, 0.717) is 6.54 Å². The van der Waals surface area contributed by atoms with Gasteiger partial charge in [0.1, 0.15) is 5.54 Å². The Kier molecular flexibility index (Phi) is 3.95. The van der Waals surface area contributed by atoms with Gasteiger partial charge in [-0.2, -0.15) is 5.26 Å². The summed E-state index contributed by atoms with van der Waals surface area (Å²) in [5, 5.41) is 15.6. The van der Waals surface area contributed by atoms with Gasteiger partial charge in [0, 0.05) is 6.04 Å². The van der Waals surface area contributed by atoms with Gasteiger partial charge in [-0.25, -0.2) is 0 Å². The van der Waals surface area contributed by atoms with Crippen molar-refractivity contribution in [2.24, 2.45) is 0 Å². The molecule has 14 heavy (non-hydrogen) atoms. The summed E-state index contributed by atoms with van der Waals surface area (Å²) in [7, 11) is 0. The second-order valence-corrected chi connectivity index (χ2v) is 3.87. The zero-order chi connectivity index (χ0) is 10.4.